The van der Waals surface area contributed by atoms with Gasteiger partial charge in [0.15, 0.2) is 0 Å². The Hall–Kier alpha value is -2.47. The van der Waals surface area contributed by atoms with Gasteiger partial charge < -0.3 is 4.42 Å². The van der Waals surface area contributed by atoms with E-state index < -0.39 is 0 Å². The third-order valence-corrected chi connectivity index (χ3v) is 5.69. The van der Waals surface area contributed by atoms with Crippen molar-refractivity contribution in [2.24, 2.45) is 11.0 Å². The molecule has 0 aliphatic heterocycles. The van der Waals surface area contributed by atoms with E-state index in [4.69, 9.17) is 4.42 Å². The molecule has 1 aliphatic rings. The Morgan fingerprint density at radius 2 is 2.08 bits per heavy atom. The Bertz CT molecular complexity index is 999. The molecule has 0 radical (unpaired) electrons. The SMILES string of the molecule is C/C(=N\Nc1nc(-c2cc3ccccc3oc2=O)cs1)C1CCCCC1. The average Bonchev–Trinajstić information content (AvgIpc) is 3.15. The van der Waals surface area contributed by atoms with Gasteiger partial charge in [-0.2, -0.15) is 5.10 Å². The van der Waals surface area contributed by atoms with E-state index in [1.807, 2.05) is 29.6 Å². The van der Waals surface area contributed by atoms with Crippen molar-refractivity contribution in [1.82, 2.24) is 4.98 Å². The topological polar surface area (TPSA) is 67.5 Å². The number of rotatable bonds is 4. The first-order valence-electron chi connectivity index (χ1n) is 9.00. The Balaban J connectivity index is 1.54. The zero-order chi connectivity index (χ0) is 17.9. The summed E-state index contributed by atoms with van der Waals surface area (Å²) in [6.45, 7) is 2.08. The monoisotopic (exact) mass is 367 g/mol. The summed E-state index contributed by atoms with van der Waals surface area (Å²) in [5.41, 5.74) is 5.48. The van der Waals surface area contributed by atoms with Crippen molar-refractivity contribution in [3.8, 4) is 11.3 Å². The lowest BCUT2D eigenvalue weighted by molar-refractivity contribution is 0.438. The Morgan fingerprint density at radius 3 is 2.92 bits per heavy atom. The number of aromatic nitrogens is 1. The van der Waals surface area contributed by atoms with Crippen LogP contribution in [0.15, 0.2) is 50.0 Å². The number of thiazole rings is 1. The highest BCUT2D eigenvalue weighted by molar-refractivity contribution is 7.14. The molecular weight excluding hydrogens is 346 g/mol. The van der Waals surface area contributed by atoms with Crippen molar-refractivity contribution in [3.63, 3.8) is 0 Å². The van der Waals surface area contributed by atoms with E-state index in [1.54, 1.807) is 6.07 Å². The van der Waals surface area contributed by atoms with Crippen LogP contribution in [-0.2, 0) is 0 Å². The van der Waals surface area contributed by atoms with Crippen molar-refractivity contribution in [2.45, 2.75) is 39.0 Å². The molecular formula is C20H21N3O2S. The number of benzene rings is 1. The Morgan fingerprint density at radius 1 is 1.27 bits per heavy atom. The molecule has 5 nitrogen and oxygen atoms in total. The van der Waals surface area contributed by atoms with Gasteiger partial charge in [0.05, 0.1) is 11.3 Å². The van der Waals surface area contributed by atoms with Crippen LogP contribution in [0.25, 0.3) is 22.2 Å². The zero-order valence-electron chi connectivity index (χ0n) is 14.7. The van der Waals surface area contributed by atoms with E-state index in [0.717, 1.165) is 11.1 Å². The first-order chi connectivity index (χ1) is 12.7. The van der Waals surface area contributed by atoms with E-state index in [2.05, 4.69) is 22.4 Å². The molecule has 3 aromatic rings. The summed E-state index contributed by atoms with van der Waals surface area (Å²) < 4.78 is 5.40. The minimum Gasteiger partial charge on any atom is -0.422 e. The zero-order valence-corrected chi connectivity index (χ0v) is 15.5. The molecule has 1 aliphatic carbocycles. The molecule has 0 spiro atoms. The number of hydrogen-bond acceptors (Lipinski definition) is 6. The second kappa shape index (κ2) is 7.41. The number of para-hydroxylation sites is 1. The van der Waals surface area contributed by atoms with Crippen LogP contribution in [-0.4, -0.2) is 10.7 Å². The van der Waals surface area contributed by atoms with Gasteiger partial charge in [-0.1, -0.05) is 37.5 Å². The quantitative estimate of drug-likeness (QED) is 0.387. The van der Waals surface area contributed by atoms with Crippen LogP contribution in [0, 0.1) is 5.92 Å². The van der Waals surface area contributed by atoms with Crippen LogP contribution in [0.4, 0.5) is 5.13 Å². The van der Waals surface area contributed by atoms with Crippen LogP contribution in [0.3, 0.4) is 0 Å². The fraction of sp³-hybridized carbons (Fsp3) is 0.350. The second-order valence-electron chi connectivity index (χ2n) is 6.72. The molecule has 1 N–H and O–H groups in total. The molecule has 6 heteroatoms. The minimum atomic E-state index is -0.373. The van der Waals surface area contributed by atoms with E-state index in [0.29, 0.717) is 27.9 Å². The molecule has 1 fully saturated rings. The molecule has 26 heavy (non-hydrogen) atoms. The summed E-state index contributed by atoms with van der Waals surface area (Å²) in [5.74, 6) is 0.572. The third kappa shape index (κ3) is 3.55. The van der Waals surface area contributed by atoms with Crippen molar-refractivity contribution < 1.29 is 4.42 Å². The summed E-state index contributed by atoms with van der Waals surface area (Å²) in [6, 6.07) is 9.31. The normalized spacial score (nSPS) is 16.1. The van der Waals surface area contributed by atoms with Gasteiger partial charge in [-0.3, -0.25) is 5.43 Å². The van der Waals surface area contributed by atoms with Gasteiger partial charge in [0, 0.05) is 16.5 Å². The number of nitrogens with zero attached hydrogens (tertiary/aromatic N) is 2. The molecule has 0 unspecified atom stereocenters. The smallest absolute Gasteiger partial charge is 0.345 e. The first kappa shape index (κ1) is 17.0. The number of nitrogens with one attached hydrogen (secondary N) is 1. The van der Waals surface area contributed by atoms with Crippen molar-refractivity contribution >= 4 is 33.1 Å². The fourth-order valence-corrected chi connectivity index (χ4v) is 4.09. The lowest BCUT2D eigenvalue weighted by Crippen LogP contribution is -2.16. The predicted molar refractivity (Wildman–Crippen MR) is 107 cm³/mol. The van der Waals surface area contributed by atoms with Gasteiger partial charge in [-0.05, 0) is 37.8 Å². The summed E-state index contributed by atoms with van der Waals surface area (Å²) in [7, 11) is 0. The summed E-state index contributed by atoms with van der Waals surface area (Å²) in [6.07, 6.45) is 6.35. The maximum Gasteiger partial charge on any atom is 0.345 e. The third-order valence-electron chi connectivity index (χ3n) is 4.95. The van der Waals surface area contributed by atoms with Gasteiger partial charge in [-0.15, -0.1) is 11.3 Å². The molecule has 0 amide bonds. The van der Waals surface area contributed by atoms with E-state index in [9.17, 15) is 4.79 Å². The number of hydrogen-bond donors (Lipinski definition) is 1. The largest absolute Gasteiger partial charge is 0.422 e. The molecule has 4 rings (SSSR count). The standard InChI is InChI=1S/C20H21N3O2S/c1-13(14-7-3-2-4-8-14)22-23-20-21-17(12-26-20)16-11-15-9-5-6-10-18(15)25-19(16)24/h5-6,9-12,14H,2-4,7-8H2,1H3,(H,21,23)/b22-13+. The Kier molecular flexibility index (Phi) is 4.84. The molecule has 1 aromatic carbocycles. The van der Waals surface area contributed by atoms with Gasteiger partial charge in [-0.25, -0.2) is 9.78 Å². The molecule has 2 aromatic heterocycles. The van der Waals surface area contributed by atoms with Crippen LogP contribution in [0.5, 0.6) is 0 Å². The number of anilines is 1. The maximum absolute atomic E-state index is 12.3. The van der Waals surface area contributed by atoms with E-state index >= 15 is 0 Å². The van der Waals surface area contributed by atoms with Crippen molar-refractivity contribution in [1.29, 1.82) is 0 Å². The highest BCUT2D eigenvalue weighted by atomic mass is 32.1. The lowest BCUT2D eigenvalue weighted by Gasteiger charge is -2.20. The maximum atomic E-state index is 12.3. The molecule has 1 saturated carbocycles. The van der Waals surface area contributed by atoms with Gasteiger partial charge in [0.1, 0.15) is 5.58 Å². The minimum absolute atomic E-state index is 0.373. The number of fused-ring (bicyclic) bond motifs is 1. The number of hydrazone groups is 1. The van der Waals surface area contributed by atoms with Crippen LogP contribution < -0.4 is 11.1 Å². The van der Waals surface area contributed by atoms with Gasteiger partial charge >= 0.3 is 5.63 Å². The van der Waals surface area contributed by atoms with Gasteiger partial charge in [0.2, 0.25) is 5.13 Å². The van der Waals surface area contributed by atoms with Crippen LogP contribution in [0.1, 0.15) is 39.0 Å². The predicted octanol–water partition coefficient (Wildman–Crippen LogP) is 5.28. The van der Waals surface area contributed by atoms with Crippen molar-refractivity contribution in [2.75, 3.05) is 5.43 Å². The first-order valence-corrected chi connectivity index (χ1v) is 9.87. The fourth-order valence-electron chi connectivity index (χ4n) is 3.44. The second-order valence-corrected chi connectivity index (χ2v) is 7.58. The molecule has 0 bridgehead atoms. The summed E-state index contributed by atoms with van der Waals surface area (Å²) in [5, 5.41) is 7.93. The van der Waals surface area contributed by atoms with Gasteiger partial charge in [0.25, 0.3) is 0 Å². The van der Waals surface area contributed by atoms with E-state index in [-0.39, 0.29) is 5.63 Å². The molecule has 0 atom stereocenters. The summed E-state index contributed by atoms with van der Waals surface area (Å²) in [4.78, 5) is 16.8. The molecule has 2 heterocycles. The highest BCUT2D eigenvalue weighted by Crippen LogP contribution is 2.27. The lowest BCUT2D eigenvalue weighted by atomic mass is 9.86. The summed E-state index contributed by atoms with van der Waals surface area (Å²) >= 11 is 1.44. The van der Waals surface area contributed by atoms with Crippen molar-refractivity contribution in [3.05, 3.63) is 46.1 Å². The molecule has 134 valence electrons. The van der Waals surface area contributed by atoms with Crippen LogP contribution in [0.2, 0.25) is 0 Å². The highest BCUT2D eigenvalue weighted by Gasteiger charge is 2.16. The van der Waals surface area contributed by atoms with E-state index in [1.165, 1.54) is 43.4 Å². The Labute approximate surface area is 155 Å². The average molecular weight is 367 g/mol. The van der Waals surface area contributed by atoms with Crippen LogP contribution >= 0.6 is 11.3 Å². The molecule has 0 saturated heterocycles.